The molecular weight excluding hydrogens is 390 g/mol. The number of carbonyl (C=O) groups is 1. The van der Waals surface area contributed by atoms with E-state index < -0.39 is 5.97 Å². The average Bonchev–Trinajstić information content (AvgIpc) is 3.36. The summed E-state index contributed by atoms with van der Waals surface area (Å²) in [6.45, 7) is 6.62. The van der Waals surface area contributed by atoms with Gasteiger partial charge in [-0.3, -0.25) is 9.80 Å². The predicted octanol–water partition coefficient (Wildman–Crippen LogP) is 4.15. The molecule has 0 bridgehead atoms. The minimum absolute atomic E-state index is 0.331. The lowest BCUT2D eigenvalue weighted by Crippen LogP contribution is -2.52. The molecule has 2 aromatic carbocycles. The van der Waals surface area contributed by atoms with Gasteiger partial charge in [0.15, 0.2) is 0 Å². The standard InChI is InChI=1S/C18H25N3O.C7H6O2/c1-13-10-16(22-3)15(14-4-7-19-17(13)14)11-21-9-8-20(2)18(12-21)5-6-18;8-7(9)6-4-2-1-3-5-6/h4,7,10,19H,5-6,8-9,11-12H2,1-3H3;1-5H,(H,8,9). The van der Waals surface area contributed by atoms with Crippen molar-refractivity contribution >= 4 is 16.9 Å². The number of piperazine rings is 1. The number of rotatable bonds is 4. The third kappa shape index (κ3) is 4.45. The van der Waals surface area contributed by atoms with Gasteiger partial charge in [0.05, 0.1) is 12.7 Å². The monoisotopic (exact) mass is 421 g/mol. The summed E-state index contributed by atoms with van der Waals surface area (Å²) in [5, 5.41) is 9.69. The van der Waals surface area contributed by atoms with Crippen LogP contribution >= 0.6 is 0 Å². The largest absolute Gasteiger partial charge is 0.496 e. The number of nitrogens with zero attached hydrogens (tertiary/aromatic N) is 2. The van der Waals surface area contributed by atoms with Crippen molar-refractivity contribution in [2.45, 2.75) is 31.8 Å². The molecule has 2 fully saturated rings. The van der Waals surface area contributed by atoms with E-state index in [2.05, 4.69) is 40.9 Å². The van der Waals surface area contributed by atoms with E-state index in [0.29, 0.717) is 11.1 Å². The Kier molecular flexibility index (Phi) is 6.03. The Bertz CT molecular complexity index is 1060. The summed E-state index contributed by atoms with van der Waals surface area (Å²) in [4.78, 5) is 18.7. The first kappa shape index (κ1) is 21.4. The molecule has 2 heterocycles. The lowest BCUT2D eigenvalue weighted by Gasteiger charge is -2.40. The van der Waals surface area contributed by atoms with Gasteiger partial charge >= 0.3 is 5.97 Å². The van der Waals surface area contributed by atoms with Crippen LogP contribution in [0.1, 0.15) is 34.3 Å². The molecule has 6 nitrogen and oxygen atoms in total. The molecule has 2 aliphatic rings. The Hall–Kier alpha value is -2.83. The molecule has 1 aliphatic carbocycles. The van der Waals surface area contributed by atoms with Crippen LogP contribution in [0.3, 0.4) is 0 Å². The lowest BCUT2D eigenvalue weighted by molar-refractivity contribution is 0.0697. The maximum atomic E-state index is 10.2. The Balaban J connectivity index is 0.000000217. The van der Waals surface area contributed by atoms with Crippen molar-refractivity contribution in [2.24, 2.45) is 0 Å². The van der Waals surface area contributed by atoms with Crippen molar-refractivity contribution in [3.8, 4) is 5.75 Å². The van der Waals surface area contributed by atoms with Crippen LogP contribution in [0.5, 0.6) is 5.75 Å². The van der Waals surface area contributed by atoms with E-state index in [1.807, 2.05) is 6.20 Å². The number of carboxylic acid groups (broad SMARTS) is 1. The van der Waals surface area contributed by atoms with Gasteiger partial charge in [-0.25, -0.2) is 4.79 Å². The first-order valence-electron chi connectivity index (χ1n) is 10.8. The topological polar surface area (TPSA) is 68.8 Å². The highest BCUT2D eigenvalue weighted by atomic mass is 16.5. The number of aromatic nitrogens is 1. The Morgan fingerprint density at radius 1 is 1.19 bits per heavy atom. The predicted molar refractivity (Wildman–Crippen MR) is 123 cm³/mol. The van der Waals surface area contributed by atoms with Crippen molar-refractivity contribution < 1.29 is 14.6 Å². The first-order chi connectivity index (χ1) is 14.9. The molecule has 2 N–H and O–H groups in total. The van der Waals surface area contributed by atoms with Crippen LogP contribution in [-0.2, 0) is 6.54 Å². The summed E-state index contributed by atoms with van der Waals surface area (Å²) >= 11 is 0. The molecule has 31 heavy (non-hydrogen) atoms. The van der Waals surface area contributed by atoms with Crippen molar-refractivity contribution in [3.63, 3.8) is 0 Å². The number of aryl methyl sites for hydroxylation is 1. The van der Waals surface area contributed by atoms with Crippen molar-refractivity contribution in [1.29, 1.82) is 0 Å². The molecule has 164 valence electrons. The molecule has 1 aliphatic heterocycles. The summed E-state index contributed by atoms with van der Waals surface area (Å²) in [6, 6.07) is 12.6. The second-order valence-corrected chi connectivity index (χ2v) is 8.67. The molecule has 0 radical (unpaired) electrons. The number of fused-ring (bicyclic) bond motifs is 1. The number of aromatic amines is 1. The number of hydrogen-bond donors (Lipinski definition) is 2. The number of nitrogens with one attached hydrogen (secondary N) is 1. The molecule has 3 aromatic rings. The number of carboxylic acids is 1. The lowest BCUT2D eigenvalue weighted by atomic mass is 10.0. The van der Waals surface area contributed by atoms with E-state index in [-0.39, 0.29) is 0 Å². The fourth-order valence-corrected chi connectivity index (χ4v) is 4.55. The van der Waals surface area contributed by atoms with Crippen LogP contribution < -0.4 is 4.74 Å². The third-order valence-electron chi connectivity index (χ3n) is 6.64. The van der Waals surface area contributed by atoms with Crippen LogP contribution in [0.2, 0.25) is 0 Å². The second-order valence-electron chi connectivity index (χ2n) is 8.67. The van der Waals surface area contributed by atoms with E-state index in [0.717, 1.165) is 18.8 Å². The van der Waals surface area contributed by atoms with Crippen LogP contribution in [0.25, 0.3) is 10.9 Å². The average molecular weight is 422 g/mol. The van der Waals surface area contributed by atoms with Gasteiger partial charge < -0.3 is 14.8 Å². The Labute approximate surface area is 183 Å². The van der Waals surface area contributed by atoms with Gasteiger partial charge in [-0.1, -0.05) is 18.2 Å². The highest BCUT2D eigenvalue weighted by Crippen LogP contribution is 2.44. The fourth-order valence-electron chi connectivity index (χ4n) is 4.55. The minimum Gasteiger partial charge on any atom is -0.496 e. The highest BCUT2D eigenvalue weighted by Gasteiger charge is 2.49. The highest BCUT2D eigenvalue weighted by molar-refractivity contribution is 5.88. The molecule has 1 aromatic heterocycles. The minimum atomic E-state index is -0.879. The number of benzene rings is 2. The Morgan fingerprint density at radius 3 is 2.55 bits per heavy atom. The van der Waals surface area contributed by atoms with E-state index in [1.165, 1.54) is 48.0 Å². The van der Waals surface area contributed by atoms with E-state index >= 15 is 0 Å². The summed E-state index contributed by atoms with van der Waals surface area (Å²) in [5.41, 5.74) is 4.61. The van der Waals surface area contributed by atoms with Crippen molar-refractivity contribution in [1.82, 2.24) is 14.8 Å². The van der Waals surface area contributed by atoms with Crippen LogP contribution in [0, 0.1) is 6.92 Å². The molecule has 1 spiro atoms. The molecular formula is C25H31N3O3. The van der Waals surface area contributed by atoms with Crippen molar-refractivity contribution in [2.75, 3.05) is 33.8 Å². The maximum Gasteiger partial charge on any atom is 0.335 e. The zero-order chi connectivity index (χ0) is 22.0. The van der Waals surface area contributed by atoms with Crippen molar-refractivity contribution in [3.05, 3.63) is 65.4 Å². The zero-order valence-electron chi connectivity index (χ0n) is 18.5. The molecule has 1 saturated carbocycles. The van der Waals surface area contributed by atoms with Gasteiger partial charge in [-0.2, -0.15) is 0 Å². The number of likely N-dealkylation sites (N-methyl/N-ethyl adjacent to an activating group) is 1. The third-order valence-corrected chi connectivity index (χ3v) is 6.64. The SMILES string of the molecule is COc1cc(C)c2[nH]ccc2c1CN1CCN(C)C2(CC2)C1.O=C(O)c1ccccc1. The number of methoxy groups -OCH3 is 1. The quantitative estimate of drug-likeness (QED) is 0.662. The summed E-state index contributed by atoms with van der Waals surface area (Å²) < 4.78 is 5.68. The Morgan fingerprint density at radius 2 is 1.94 bits per heavy atom. The number of H-pyrrole nitrogens is 1. The van der Waals surface area contributed by atoms with Gasteiger partial charge in [0, 0.05) is 54.4 Å². The van der Waals surface area contributed by atoms with Gasteiger partial charge in [0.2, 0.25) is 0 Å². The smallest absolute Gasteiger partial charge is 0.335 e. The number of aromatic carboxylic acids is 1. The summed E-state index contributed by atoms with van der Waals surface area (Å²) in [5.74, 6) is 0.143. The summed E-state index contributed by atoms with van der Waals surface area (Å²) in [6.07, 6.45) is 4.74. The number of ether oxygens (including phenoxy) is 1. The second kappa shape index (κ2) is 8.73. The van der Waals surface area contributed by atoms with Gasteiger partial charge in [0.25, 0.3) is 0 Å². The maximum absolute atomic E-state index is 10.2. The fraction of sp³-hybridized carbons (Fsp3) is 0.400. The molecule has 5 rings (SSSR count). The summed E-state index contributed by atoms with van der Waals surface area (Å²) in [7, 11) is 4.06. The van der Waals surface area contributed by atoms with Gasteiger partial charge in [0.1, 0.15) is 5.75 Å². The van der Waals surface area contributed by atoms with Crippen LogP contribution in [-0.4, -0.2) is 65.2 Å². The normalized spacial score (nSPS) is 17.9. The van der Waals surface area contributed by atoms with Gasteiger partial charge in [-0.05, 0) is 56.6 Å². The first-order valence-corrected chi connectivity index (χ1v) is 10.8. The molecule has 0 unspecified atom stereocenters. The molecule has 6 heteroatoms. The van der Waals surface area contributed by atoms with Crippen LogP contribution in [0.4, 0.5) is 0 Å². The van der Waals surface area contributed by atoms with Crippen LogP contribution in [0.15, 0.2) is 48.7 Å². The number of hydrogen-bond acceptors (Lipinski definition) is 4. The molecule has 0 atom stereocenters. The van der Waals surface area contributed by atoms with E-state index in [1.54, 1.807) is 37.4 Å². The van der Waals surface area contributed by atoms with E-state index in [9.17, 15) is 4.79 Å². The molecule has 1 saturated heterocycles. The van der Waals surface area contributed by atoms with E-state index in [4.69, 9.17) is 9.84 Å². The molecule has 0 amide bonds. The van der Waals surface area contributed by atoms with Gasteiger partial charge in [-0.15, -0.1) is 0 Å². The zero-order valence-corrected chi connectivity index (χ0v) is 18.5.